The second-order valence-corrected chi connectivity index (χ2v) is 8.54. The molecule has 2 aromatic rings. The van der Waals surface area contributed by atoms with E-state index >= 15 is 0 Å². The van der Waals surface area contributed by atoms with Gasteiger partial charge in [0.15, 0.2) is 9.84 Å². The van der Waals surface area contributed by atoms with Crippen molar-refractivity contribution in [3.63, 3.8) is 0 Å². The zero-order valence-corrected chi connectivity index (χ0v) is 15.4. The summed E-state index contributed by atoms with van der Waals surface area (Å²) in [6, 6.07) is 11.1. The Kier molecular flexibility index (Phi) is 5.51. The topological polar surface area (TPSA) is 92.3 Å². The summed E-state index contributed by atoms with van der Waals surface area (Å²) in [5.41, 5.74) is 1.34. The highest BCUT2D eigenvalue weighted by atomic mass is 32.2. The van der Waals surface area contributed by atoms with Crippen molar-refractivity contribution in [2.45, 2.75) is 25.9 Å². The molecule has 3 rings (SSSR count). The van der Waals surface area contributed by atoms with Gasteiger partial charge in [0.05, 0.1) is 11.5 Å². The van der Waals surface area contributed by atoms with Gasteiger partial charge in [-0.3, -0.25) is 4.79 Å². The van der Waals surface area contributed by atoms with Crippen molar-refractivity contribution in [2.24, 2.45) is 0 Å². The lowest BCUT2D eigenvalue weighted by Crippen LogP contribution is -2.31. The molecule has 0 aliphatic carbocycles. The first-order valence-corrected chi connectivity index (χ1v) is 10.4. The molecule has 1 amide bonds. The summed E-state index contributed by atoms with van der Waals surface area (Å²) in [4.78, 5) is 22.9. The minimum absolute atomic E-state index is 0.0730. The lowest BCUT2D eigenvalue weighted by atomic mass is 10.2. The quantitative estimate of drug-likeness (QED) is 0.828. The lowest BCUT2D eigenvalue weighted by Gasteiger charge is -2.21. The molecular weight excluding hydrogens is 352 g/mol. The molecule has 0 saturated carbocycles. The molecule has 1 aromatic carbocycles. The molecule has 8 heteroatoms. The van der Waals surface area contributed by atoms with Crippen molar-refractivity contribution in [1.82, 2.24) is 14.9 Å². The number of rotatable bonds is 6. The van der Waals surface area contributed by atoms with Crippen molar-refractivity contribution >= 4 is 21.7 Å². The van der Waals surface area contributed by atoms with E-state index in [0.29, 0.717) is 25.2 Å². The zero-order chi connectivity index (χ0) is 18.6. The standard InChI is InChI=1S/C18H22N4O3S/c1-2-22(12-14-6-4-3-5-7-14)17(23)16-8-10-19-18(21-16)20-15-9-11-26(24,25)13-15/h3-8,10,15H,2,9,11-13H2,1H3,(H,19,20,21). The number of carbonyl (C=O) groups excluding carboxylic acids is 1. The number of nitrogens with zero attached hydrogens (tertiary/aromatic N) is 3. The highest BCUT2D eigenvalue weighted by molar-refractivity contribution is 7.91. The Bertz CT molecular complexity index is 871. The Balaban J connectivity index is 1.70. The molecule has 7 nitrogen and oxygen atoms in total. The van der Waals surface area contributed by atoms with Crippen molar-refractivity contribution in [1.29, 1.82) is 0 Å². The Morgan fingerprint density at radius 3 is 2.69 bits per heavy atom. The van der Waals surface area contributed by atoms with Crippen molar-refractivity contribution in [3.05, 3.63) is 53.9 Å². The Morgan fingerprint density at radius 1 is 1.27 bits per heavy atom. The van der Waals surface area contributed by atoms with Crippen LogP contribution in [-0.4, -0.2) is 53.3 Å². The van der Waals surface area contributed by atoms with Gasteiger partial charge in [0.2, 0.25) is 5.95 Å². The van der Waals surface area contributed by atoms with Gasteiger partial charge in [0, 0.05) is 25.3 Å². The van der Waals surface area contributed by atoms with Gasteiger partial charge in [-0.05, 0) is 25.0 Å². The number of benzene rings is 1. The predicted molar refractivity (Wildman–Crippen MR) is 99.6 cm³/mol. The lowest BCUT2D eigenvalue weighted by molar-refractivity contribution is 0.0746. The van der Waals surface area contributed by atoms with Crippen LogP contribution in [0.1, 0.15) is 29.4 Å². The van der Waals surface area contributed by atoms with Gasteiger partial charge in [-0.15, -0.1) is 0 Å². The summed E-state index contributed by atoms with van der Waals surface area (Å²) in [7, 11) is -2.99. The monoisotopic (exact) mass is 374 g/mol. The number of anilines is 1. The minimum atomic E-state index is -2.99. The normalized spacial score (nSPS) is 18.4. The largest absolute Gasteiger partial charge is 0.350 e. The fourth-order valence-electron chi connectivity index (χ4n) is 2.93. The summed E-state index contributed by atoms with van der Waals surface area (Å²) in [5.74, 6) is 0.350. The van der Waals surface area contributed by atoms with Gasteiger partial charge < -0.3 is 10.2 Å². The van der Waals surface area contributed by atoms with Crippen LogP contribution in [0.5, 0.6) is 0 Å². The van der Waals surface area contributed by atoms with Gasteiger partial charge in [0.1, 0.15) is 5.69 Å². The Morgan fingerprint density at radius 2 is 2.04 bits per heavy atom. The van der Waals surface area contributed by atoms with Crippen LogP contribution in [0.4, 0.5) is 5.95 Å². The van der Waals surface area contributed by atoms with Crippen LogP contribution < -0.4 is 5.32 Å². The first-order valence-electron chi connectivity index (χ1n) is 8.60. The van der Waals surface area contributed by atoms with Gasteiger partial charge in [-0.25, -0.2) is 18.4 Å². The van der Waals surface area contributed by atoms with Gasteiger partial charge in [0.25, 0.3) is 5.91 Å². The van der Waals surface area contributed by atoms with Gasteiger partial charge in [-0.1, -0.05) is 30.3 Å². The van der Waals surface area contributed by atoms with Gasteiger partial charge in [-0.2, -0.15) is 0 Å². The number of carbonyl (C=O) groups is 1. The van der Waals surface area contributed by atoms with E-state index in [1.54, 1.807) is 11.0 Å². The molecule has 1 fully saturated rings. The van der Waals surface area contributed by atoms with Crippen LogP contribution >= 0.6 is 0 Å². The van der Waals surface area contributed by atoms with E-state index in [1.165, 1.54) is 6.20 Å². The van der Waals surface area contributed by atoms with Crippen LogP contribution in [0.2, 0.25) is 0 Å². The van der Waals surface area contributed by atoms with E-state index in [-0.39, 0.29) is 29.4 Å². The molecule has 138 valence electrons. The van der Waals surface area contributed by atoms with E-state index in [2.05, 4.69) is 15.3 Å². The van der Waals surface area contributed by atoms with Crippen LogP contribution in [0, 0.1) is 0 Å². The number of sulfone groups is 1. The summed E-state index contributed by atoms with van der Waals surface area (Å²) in [6.45, 7) is 2.98. The van der Waals surface area contributed by atoms with E-state index < -0.39 is 9.84 Å². The molecule has 1 aliphatic heterocycles. The zero-order valence-electron chi connectivity index (χ0n) is 14.6. The third kappa shape index (κ3) is 4.57. The number of nitrogens with one attached hydrogen (secondary N) is 1. The molecule has 0 radical (unpaired) electrons. The molecule has 26 heavy (non-hydrogen) atoms. The molecule has 0 spiro atoms. The number of hydrogen-bond acceptors (Lipinski definition) is 6. The molecule has 1 saturated heterocycles. The minimum Gasteiger partial charge on any atom is -0.350 e. The maximum Gasteiger partial charge on any atom is 0.272 e. The maximum atomic E-state index is 12.8. The van der Waals surface area contributed by atoms with Crippen molar-refractivity contribution in [2.75, 3.05) is 23.4 Å². The highest BCUT2D eigenvalue weighted by Crippen LogP contribution is 2.16. The average Bonchev–Trinajstić information content (AvgIpc) is 2.98. The fourth-order valence-corrected chi connectivity index (χ4v) is 4.61. The van der Waals surface area contributed by atoms with E-state index in [4.69, 9.17) is 0 Å². The first-order chi connectivity index (χ1) is 12.5. The van der Waals surface area contributed by atoms with Crippen molar-refractivity contribution in [3.8, 4) is 0 Å². The summed E-state index contributed by atoms with van der Waals surface area (Å²) in [5, 5.41) is 3.03. The maximum absolute atomic E-state index is 12.8. The third-order valence-electron chi connectivity index (χ3n) is 4.33. The fraction of sp³-hybridized carbons (Fsp3) is 0.389. The van der Waals surface area contributed by atoms with Crippen LogP contribution in [0.25, 0.3) is 0 Å². The highest BCUT2D eigenvalue weighted by Gasteiger charge is 2.28. The second kappa shape index (κ2) is 7.82. The second-order valence-electron chi connectivity index (χ2n) is 6.31. The first kappa shape index (κ1) is 18.3. The van der Waals surface area contributed by atoms with Crippen LogP contribution in [0.3, 0.4) is 0 Å². The molecule has 1 N–H and O–H groups in total. The number of hydrogen-bond donors (Lipinski definition) is 1. The van der Waals surface area contributed by atoms with Crippen LogP contribution in [0.15, 0.2) is 42.6 Å². The van der Waals surface area contributed by atoms with Gasteiger partial charge >= 0.3 is 0 Å². The summed E-state index contributed by atoms with van der Waals surface area (Å²) >= 11 is 0. The number of aromatic nitrogens is 2. The summed E-state index contributed by atoms with van der Waals surface area (Å²) in [6.07, 6.45) is 2.04. The molecular formula is C18H22N4O3S. The van der Waals surface area contributed by atoms with E-state index in [9.17, 15) is 13.2 Å². The van der Waals surface area contributed by atoms with Crippen LogP contribution in [-0.2, 0) is 16.4 Å². The molecule has 2 heterocycles. The smallest absolute Gasteiger partial charge is 0.272 e. The molecule has 1 aromatic heterocycles. The molecule has 1 aliphatic rings. The Hall–Kier alpha value is -2.48. The predicted octanol–water partition coefficient (Wildman–Crippen LogP) is 1.74. The SMILES string of the molecule is CCN(Cc1ccccc1)C(=O)c1ccnc(NC2CCS(=O)(=O)C2)n1. The number of amides is 1. The Labute approximate surface area is 153 Å². The van der Waals surface area contributed by atoms with Crippen molar-refractivity contribution < 1.29 is 13.2 Å². The average molecular weight is 374 g/mol. The molecule has 1 unspecified atom stereocenters. The molecule has 0 bridgehead atoms. The summed E-state index contributed by atoms with van der Waals surface area (Å²) < 4.78 is 23.1. The van der Waals surface area contributed by atoms with E-state index in [0.717, 1.165) is 5.56 Å². The molecule has 1 atom stereocenters. The van der Waals surface area contributed by atoms with E-state index in [1.807, 2.05) is 37.3 Å². The third-order valence-corrected chi connectivity index (χ3v) is 6.09.